The molecular weight excluding hydrogens is 356 g/mol. The minimum absolute atomic E-state index is 0.0578. The summed E-state index contributed by atoms with van der Waals surface area (Å²) in [5.41, 5.74) is 0. The fourth-order valence-electron chi connectivity index (χ4n) is 2.76. The summed E-state index contributed by atoms with van der Waals surface area (Å²) in [6.45, 7) is 3.66. The van der Waals surface area contributed by atoms with Crippen LogP contribution >= 0.6 is 11.8 Å². The molecule has 0 spiro atoms. The standard InChI is InChI=1S/C18H22N2O5S/c1-11(7-16(22)23)8-20-9-13-5-3-4-6-14(13)17(20)26-10-15(18(24)25)19-12(2)21/h3-6,9,11,15H,7-8,10H2,1-2H3,(H,19,21)(H,22,23)(H,24,25)/t11?,15-/m0/s1. The second kappa shape index (κ2) is 8.75. The maximum absolute atomic E-state index is 11.3. The van der Waals surface area contributed by atoms with Crippen LogP contribution in [-0.4, -0.2) is 44.4 Å². The molecule has 1 unspecified atom stereocenters. The van der Waals surface area contributed by atoms with Crippen molar-refractivity contribution in [3.63, 3.8) is 0 Å². The summed E-state index contributed by atoms with van der Waals surface area (Å²) in [4.78, 5) is 33.5. The molecule has 1 amide bonds. The van der Waals surface area contributed by atoms with Crippen LogP contribution in [0.4, 0.5) is 0 Å². The molecule has 8 heteroatoms. The molecule has 2 atom stereocenters. The number of carboxylic acids is 2. The van der Waals surface area contributed by atoms with Crippen LogP contribution in [0.1, 0.15) is 20.3 Å². The fraction of sp³-hybridized carbons (Fsp3) is 0.389. The Labute approximate surface area is 155 Å². The highest BCUT2D eigenvalue weighted by Crippen LogP contribution is 2.31. The quantitative estimate of drug-likeness (QED) is 0.578. The third-order valence-corrected chi connectivity index (χ3v) is 5.07. The van der Waals surface area contributed by atoms with Gasteiger partial charge in [-0.3, -0.25) is 9.59 Å². The molecule has 0 saturated heterocycles. The topological polar surface area (TPSA) is 109 Å². The van der Waals surface area contributed by atoms with Crippen molar-refractivity contribution >= 4 is 40.4 Å². The summed E-state index contributed by atoms with van der Waals surface area (Å²) in [5, 5.41) is 23.5. The number of carbonyl (C=O) groups excluding carboxylic acids is 1. The highest BCUT2D eigenvalue weighted by molar-refractivity contribution is 7.99. The van der Waals surface area contributed by atoms with Gasteiger partial charge in [-0.15, -0.1) is 11.8 Å². The van der Waals surface area contributed by atoms with E-state index in [1.165, 1.54) is 18.7 Å². The number of benzene rings is 1. The second-order valence-corrected chi connectivity index (χ2v) is 7.29. The molecule has 140 valence electrons. The first-order valence-electron chi connectivity index (χ1n) is 8.20. The lowest BCUT2D eigenvalue weighted by Crippen LogP contribution is -2.41. The van der Waals surface area contributed by atoms with Crippen molar-refractivity contribution in [2.45, 2.75) is 37.9 Å². The van der Waals surface area contributed by atoms with E-state index in [1.54, 1.807) is 0 Å². The molecule has 0 radical (unpaired) electrons. The van der Waals surface area contributed by atoms with Crippen LogP contribution in [0.2, 0.25) is 0 Å². The highest BCUT2D eigenvalue weighted by Gasteiger charge is 2.21. The molecule has 0 fully saturated rings. The van der Waals surface area contributed by atoms with Crippen molar-refractivity contribution in [1.29, 1.82) is 0 Å². The zero-order valence-corrected chi connectivity index (χ0v) is 15.5. The summed E-state index contributed by atoms with van der Waals surface area (Å²) < 4.78 is 1.97. The molecule has 2 aromatic rings. The Morgan fingerprint density at radius 1 is 1.23 bits per heavy atom. The summed E-state index contributed by atoms with van der Waals surface area (Å²) >= 11 is 1.34. The number of amides is 1. The van der Waals surface area contributed by atoms with Gasteiger partial charge in [0.25, 0.3) is 0 Å². The van der Waals surface area contributed by atoms with Gasteiger partial charge in [0.15, 0.2) is 0 Å². The minimum atomic E-state index is -1.09. The second-order valence-electron chi connectivity index (χ2n) is 6.28. The number of nitrogens with zero attached hydrogens (tertiary/aromatic N) is 1. The average Bonchev–Trinajstić information content (AvgIpc) is 2.87. The number of fused-ring (bicyclic) bond motifs is 1. The SMILES string of the molecule is CC(=O)N[C@@H](CSc1c2ccccc2cn1CC(C)CC(=O)O)C(=O)O. The minimum Gasteiger partial charge on any atom is -0.481 e. The summed E-state index contributed by atoms with van der Waals surface area (Å²) in [7, 11) is 0. The molecule has 1 aromatic carbocycles. The van der Waals surface area contributed by atoms with Gasteiger partial charge in [-0.05, 0) is 5.92 Å². The Kier molecular flexibility index (Phi) is 6.68. The Morgan fingerprint density at radius 2 is 1.92 bits per heavy atom. The Bertz CT molecular complexity index is 817. The molecule has 1 aromatic heterocycles. The maximum atomic E-state index is 11.3. The molecule has 2 rings (SSSR count). The molecule has 0 aliphatic heterocycles. The van der Waals surface area contributed by atoms with Crippen molar-refractivity contribution < 1.29 is 24.6 Å². The monoisotopic (exact) mass is 378 g/mol. The van der Waals surface area contributed by atoms with Gasteiger partial charge in [-0.1, -0.05) is 31.2 Å². The van der Waals surface area contributed by atoms with Gasteiger partial charge in [0.2, 0.25) is 5.91 Å². The first-order chi connectivity index (χ1) is 12.3. The van der Waals surface area contributed by atoms with E-state index in [9.17, 15) is 19.5 Å². The summed E-state index contributed by atoms with van der Waals surface area (Å²) in [6, 6.07) is 6.74. The van der Waals surface area contributed by atoms with E-state index in [1.807, 2.05) is 42.0 Å². The van der Waals surface area contributed by atoms with Gasteiger partial charge in [0.1, 0.15) is 6.04 Å². The van der Waals surface area contributed by atoms with E-state index in [-0.39, 0.29) is 18.1 Å². The molecule has 0 aliphatic rings. The molecule has 7 nitrogen and oxygen atoms in total. The van der Waals surface area contributed by atoms with Crippen LogP contribution in [0.3, 0.4) is 0 Å². The number of thioether (sulfide) groups is 1. The molecule has 0 bridgehead atoms. The number of carbonyl (C=O) groups is 3. The lowest BCUT2D eigenvalue weighted by atomic mass is 10.1. The van der Waals surface area contributed by atoms with E-state index < -0.39 is 23.9 Å². The third-order valence-electron chi connectivity index (χ3n) is 3.84. The molecule has 26 heavy (non-hydrogen) atoms. The van der Waals surface area contributed by atoms with Gasteiger partial charge in [-0.2, -0.15) is 0 Å². The lowest BCUT2D eigenvalue weighted by Gasteiger charge is -2.16. The fourth-order valence-corrected chi connectivity index (χ4v) is 3.95. The molecule has 3 N–H and O–H groups in total. The zero-order chi connectivity index (χ0) is 19.3. The summed E-state index contributed by atoms with van der Waals surface area (Å²) in [6.07, 6.45) is 2.01. The lowest BCUT2D eigenvalue weighted by molar-refractivity contribution is -0.140. The number of nitrogens with one attached hydrogen (secondary N) is 1. The Hall–Kier alpha value is -2.48. The van der Waals surface area contributed by atoms with Gasteiger partial charge < -0.3 is 20.1 Å². The van der Waals surface area contributed by atoms with Crippen molar-refractivity contribution in [3.05, 3.63) is 30.5 Å². The van der Waals surface area contributed by atoms with E-state index in [2.05, 4.69) is 5.32 Å². The van der Waals surface area contributed by atoms with E-state index in [0.29, 0.717) is 6.54 Å². The van der Waals surface area contributed by atoms with E-state index >= 15 is 0 Å². The normalized spacial score (nSPS) is 13.3. The number of aliphatic carboxylic acids is 2. The zero-order valence-electron chi connectivity index (χ0n) is 14.6. The van der Waals surface area contributed by atoms with Crippen LogP contribution in [-0.2, 0) is 20.9 Å². The number of aromatic nitrogens is 1. The first-order valence-corrected chi connectivity index (χ1v) is 9.19. The van der Waals surface area contributed by atoms with Crippen molar-refractivity contribution in [2.24, 2.45) is 5.92 Å². The average molecular weight is 378 g/mol. The van der Waals surface area contributed by atoms with Crippen LogP contribution in [0.15, 0.2) is 35.5 Å². The number of carboxylic acid groups (broad SMARTS) is 2. The van der Waals surface area contributed by atoms with Gasteiger partial charge in [-0.25, -0.2) is 4.79 Å². The number of rotatable bonds is 9. The Balaban J connectivity index is 2.25. The highest BCUT2D eigenvalue weighted by atomic mass is 32.2. The van der Waals surface area contributed by atoms with E-state index in [0.717, 1.165) is 15.8 Å². The van der Waals surface area contributed by atoms with Crippen molar-refractivity contribution in [3.8, 4) is 0 Å². The van der Waals surface area contributed by atoms with Crippen LogP contribution in [0, 0.1) is 5.92 Å². The van der Waals surface area contributed by atoms with Gasteiger partial charge >= 0.3 is 11.9 Å². The maximum Gasteiger partial charge on any atom is 0.327 e. The molecule has 0 aliphatic carbocycles. The largest absolute Gasteiger partial charge is 0.481 e. The van der Waals surface area contributed by atoms with Gasteiger partial charge in [0, 0.05) is 42.6 Å². The van der Waals surface area contributed by atoms with Gasteiger partial charge in [0.05, 0.1) is 5.03 Å². The number of hydrogen-bond acceptors (Lipinski definition) is 4. The predicted octanol–water partition coefficient (Wildman–Crippen LogP) is 2.43. The van der Waals surface area contributed by atoms with Crippen LogP contribution < -0.4 is 5.32 Å². The molecule has 0 saturated carbocycles. The predicted molar refractivity (Wildman–Crippen MR) is 99.3 cm³/mol. The molecule has 1 heterocycles. The van der Waals surface area contributed by atoms with Crippen molar-refractivity contribution in [1.82, 2.24) is 9.88 Å². The third kappa shape index (κ3) is 5.26. The smallest absolute Gasteiger partial charge is 0.327 e. The van der Waals surface area contributed by atoms with Crippen LogP contribution in [0.5, 0.6) is 0 Å². The van der Waals surface area contributed by atoms with Crippen LogP contribution in [0.25, 0.3) is 10.8 Å². The van der Waals surface area contributed by atoms with Crippen molar-refractivity contribution in [2.75, 3.05) is 5.75 Å². The molecular formula is C18H22N2O5S. The summed E-state index contributed by atoms with van der Waals surface area (Å²) in [5.74, 6) is -2.22. The van der Waals surface area contributed by atoms with E-state index in [4.69, 9.17) is 5.11 Å². The first kappa shape index (κ1) is 19.8. The Morgan fingerprint density at radius 3 is 2.54 bits per heavy atom. The number of hydrogen-bond donors (Lipinski definition) is 3.